The first-order valence-electron chi connectivity index (χ1n) is 8.44. The number of rotatable bonds is 4. The lowest BCUT2D eigenvalue weighted by atomic mass is 9.71. The van der Waals surface area contributed by atoms with Crippen molar-refractivity contribution in [1.82, 2.24) is 5.32 Å². The third-order valence-corrected chi connectivity index (χ3v) is 4.72. The highest BCUT2D eigenvalue weighted by molar-refractivity contribution is 5.97. The molecule has 0 spiro atoms. The van der Waals surface area contributed by atoms with Crippen molar-refractivity contribution in [2.45, 2.75) is 59.4 Å². The van der Waals surface area contributed by atoms with Gasteiger partial charge in [-0.15, -0.1) is 0 Å². The van der Waals surface area contributed by atoms with Crippen molar-refractivity contribution in [2.75, 3.05) is 6.61 Å². The fourth-order valence-electron chi connectivity index (χ4n) is 3.30. The summed E-state index contributed by atoms with van der Waals surface area (Å²) in [7, 11) is 0. The third-order valence-electron chi connectivity index (χ3n) is 4.72. The Labute approximate surface area is 134 Å². The predicted octanol–water partition coefficient (Wildman–Crippen LogP) is 4.42. The van der Waals surface area contributed by atoms with Crippen LogP contribution in [-0.2, 0) is 0 Å². The van der Waals surface area contributed by atoms with Crippen LogP contribution in [-0.4, -0.2) is 18.6 Å². The summed E-state index contributed by atoms with van der Waals surface area (Å²) < 4.78 is 5.55. The van der Waals surface area contributed by atoms with Gasteiger partial charge in [-0.2, -0.15) is 0 Å². The second kappa shape index (κ2) is 7.17. The lowest BCUT2D eigenvalue weighted by Gasteiger charge is -2.37. The van der Waals surface area contributed by atoms with E-state index in [1.165, 1.54) is 12.8 Å². The lowest BCUT2D eigenvalue weighted by molar-refractivity contribution is 0.0900. The fourth-order valence-corrected chi connectivity index (χ4v) is 3.30. The molecular formula is C19H29NO2. The van der Waals surface area contributed by atoms with Gasteiger partial charge in [-0.05, 0) is 56.1 Å². The van der Waals surface area contributed by atoms with Crippen LogP contribution in [0.2, 0.25) is 0 Å². The van der Waals surface area contributed by atoms with E-state index in [1.807, 2.05) is 31.2 Å². The zero-order valence-corrected chi connectivity index (χ0v) is 14.3. The highest BCUT2D eigenvalue weighted by Gasteiger charge is 2.30. The summed E-state index contributed by atoms with van der Waals surface area (Å²) in [6.45, 7) is 9.45. The van der Waals surface area contributed by atoms with Crippen LogP contribution >= 0.6 is 0 Å². The molecule has 0 atom stereocenters. The Morgan fingerprint density at radius 3 is 2.41 bits per heavy atom. The van der Waals surface area contributed by atoms with Crippen molar-refractivity contribution >= 4 is 5.91 Å². The van der Waals surface area contributed by atoms with Crippen LogP contribution in [0.15, 0.2) is 24.3 Å². The number of hydrogen-bond acceptors (Lipinski definition) is 2. The normalized spacial score (nSPS) is 22.2. The molecule has 122 valence electrons. The Hall–Kier alpha value is -1.51. The van der Waals surface area contributed by atoms with Gasteiger partial charge in [0, 0.05) is 6.04 Å². The molecular weight excluding hydrogens is 274 g/mol. The third kappa shape index (κ3) is 4.25. The maximum absolute atomic E-state index is 12.5. The maximum Gasteiger partial charge on any atom is 0.255 e. The van der Waals surface area contributed by atoms with Gasteiger partial charge in [-0.3, -0.25) is 4.79 Å². The molecule has 2 rings (SSSR count). The SMILES string of the molecule is CCOc1ccccc1C(=O)NC1CCC(C(C)(C)C)CC1. The molecule has 0 radical (unpaired) electrons. The number of amides is 1. The molecule has 1 aromatic carbocycles. The number of hydrogen-bond donors (Lipinski definition) is 1. The summed E-state index contributed by atoms with van der Waals surface area (Å²) >= 11 is 0. The second-order valence-corrected chi connectivity index (χ2v) is 7.32. The molecule has 22 heavy (non-hydrogen) atoms. The van der Waals surface area contributed by atoms with E-state index in [9.17, 15) is 4.79 Å². The molecule has 0 unspecified atom stereocenters. The number of ether oxygens (including phenoxy) is 1. The Balaban J connectivity index is 1.94. The summed E-state index contributed by atoms with van der Waals surface area (Å²) in [5.41, 5.74) is 1.01. The average molecular weight is 303 g/mol. The van der Waals surface area contributed by atoms with Crippen molar-refractivity contribution < 1.29 is 9.53 Å². The van der Waals surface area contributed by atoms with Crippen molar-refractivity contribution in [3.8, 4) is 5.75 Å². The van der Waals surface area contributed by atoms with E-state index >= 15 is 0 Å². The molecule has 1 aromatic rings. The molecule has 1 N–H and O–H groups in total. The summed E-state index contributed by atoms with van der Waals surface area (Å²) in [4.78, 5) is 12.5. The quantitative estimate of drug-likeness (QED) is 0.894. The first-order chi connectivity index (χ1) is 10.4. The standard InChI is InChI=1S/C19H29NO2/c1-5-22-17-9-7-6-8-16(17)18(21)20-15-12-10-14(11-13-15)19(2,3)4/h6-9,14-15H,5,10-13H2,1-4H3,(H,20,21). The van der Waals surface area contributed by atoms with Crippen LogP contribution in [0.1, 0.15) is 63.7 Å². The van der Waals surface area contributed by atoms with E-state index in [-0.39, 0.29) is 5.91 Å². The Morgan fingerprint density at radius 2 is 1.82 bits per heavy atom. The lowest BCUT2D eigenvalue weighted by Crippen LogP contribution is -2.39. The van der Waals surface area contributed by atoms with Gasteiger partial charge in [-0.25, -0.2) is 0 Å². The molecule has 1 aliphatic rings. The van der Waals surface area contributed by atoms with Gasteiger partial charge >= 0.3 is 0 Å². The van der Waals surface area contributed by atoms with Gasteiger partial charge < -0.3 is 10.1 Å². The first kappa shape index (κ1) is 16.9. The Bertz CT molecular complexity index is 496. The van der Waals surface area contributed by atoms with E-state index in [0.717, 1.165) is 18.8 Å². The molecule has 0 heterocycles. The van der Waals surface area contributed by atoms with E-state index in [4.69, 9.17) is 4.74 Å². The number of carbonyl (C=O) groups is 1. The number of benzene rings is 1. The van der Waals surface area contributed by atoms with Crippen LogP contribution < -0.4 is 10.1 Å². The minimum Gasteiger partial charge on any atom is -0.493 e. The van der Waals surface area contributed by atoms with Crippen LogP contribution in [0, 0.1) is 11.3 Å². The summed E-state index contributed by atoms with van der Waals surface area (Å²) in [5, 5.41) is 3.19. The van der Waals surface area contributed by atoms with Crippen molar-refractivity contribution in [3.05, 3.63) is 29.8 Å². The Kier molecular flexibility index (Phi) is 5.49. The summed E-state index contributed by atoms with van der Waals surface area (Å²) in [6, 6.07) is 7.76. The Morgan fingerprint density at radius 1 is 1.18 bits per heavy atom. The molecule has 1 fully saturated rings. The van der Waals surface area contributed by atoms with Crippen molar-refractivity contribution in [2.24, 2.45) is 11.3 Å². The van der Waals surface area contributed by atoms with Gasteiger partial charge in [0.15, 0.2) is 0 Å². The minimum absolute atomic E-state index is 0.0109. The molecule has 0 saturated heterocycles. The van der Waals surface area contributed by atoms with Crippen LogP contribution in [0.5, 0.6) is 5.75 Å². The molecule has 1 amide bonds. The zero-order valence-electron chi connectivity index (χ0n) is 14.3. The topological polar surface area (TPSA) is 38.3 Å². The summed E-state index contributed by atoms with van der Waals surface area (Å²) in [6.07, 6.45) is 4.54. The van der Waals surface area contributed by atoms with Gasteiger partial charge in [0.05, 0.1) is 12.2 Å². The zero-order chi connectivity index (χ0) is 16.2. The average Bonchev–Trinajstić information content (AvgIpc) is 2.47. The molecule has 1 aliphatic carbocycles. The van der Waals surface area contributed by atoms with Gasteiger partial charge in [-0.1, -0.05) is 32.9 Å². The van der Waals surface area contributed by atoms with Gasteiger partial charge in [0.1, 0.15) is 5.75 Å². The molecule has 0 aromatic heterocycles. The second-order valence-electron chi connectivity index (χ2n) is 7.32. The summed E-state index contributed by atoms with van der Waals surface area (Å²) in [5.74, 6) is 1.42. The number of nitrogens with one attached hydrogen (secondary N) is 1. The highest BCUT2D eigenvalue weighted by Crippen LogP contribution is 2.37. The minimum atomic E-state index is -0.0109. The largest absolute Gasteiger partial charge is 0.493 e. The highest BCUT2D eigenvalue weighted by atomic mass is 16.5. The van der Waals surface area contributed by atoms with Crippen LogP contribution in [0.4, 0.5) is 0 Å². The van der Waals surface area contributed by atoms with E-state index < -0.39 is 0 Å². The van der Waals surface area contributed by atoms with Crippen LogP contribution in [0.3, 0.4) is 0 Å². The molecule has 0 aliphatic heterocycles. The maximum atomic E-state index is 12.5. The van der Waals surface area contributed by atoms with E-state index in [0.29, 0.717) is 29.4 Å². The van der Waals surface area contributed by atoms with Crippen LogP contribution in [0.25, 0.3) is 0 Å². The van der Waals surface area contributed by atoms with E-state index in [1.54, 1.807) is 0 Å². The van der Waals surface area contributed by atoms with Crippen molar-refractivity contribution in [1.29, 1.82) is 0 Å². The predicted molar refractivity (Wildman–Crippen MR) is 90.3 cm³/mol. The van der Waals surface area contributed by atoms with Crippen molar-refractivity contribution in [3.63, 3.8) is 0 Å². The molecule has 0 bridgehead atoms. The van der Waals surface area contributed by atoms with E-state index in [2.05, 4.69) is 26.1 Å². The molecule has 3 heteroatoms. The monoisotopic (exact) mass is 303 g/mol. The molecule has 3 nitrogen and oxygen atoms in total. The number of carbonyl (C=O) groups excluding carboxylic acids is 1. The first-order valence-corrected chi connectivity index (χ1v) is 8.44. The fraction of sp³-hybridized carbons (Fsp3) is 0.632. The smallest absolute Gasteiger partial charge is 0.255 e. The number of para-hydroxylation sites is 1. The van der Waals surface area contributed by atoms with Gasteiger partial charge in [0.25, 0.3) is 5.91 Å². The van der Waals surface area contributed by atoms with Gasteiger partial charge in [0.2, 0.25) is 0 Å². The molecule has 1 saturated carbocycles.